The van der Waals surface area contributed by atoms with Gasteiger partial charge in [0.05, 0.1) is 49.2 Å². The molecule has 1 aliphatic rings. The van der Waals surface area contributed by atoms with Crippen molar-refractivity contribution in [2.75, 3.05) is 45.1 Å². The molecule has 2 N–H and O–H groups in total. The van der Waals surface area contributed by atoms with Crippen molar-refractivity contribution in [1.82, 2.24) is 9.97 Å². The fraction of sp³-hybridized carbons (Fsp3) is 0.300. The van der Waals surface area contributed by atoms with E-state index in [-0.39, 0.29) is 6.04 Å². The van der Waals surface area contributed by atoms with Crippen LogP contribution in [-0.4, -0.2) is 50.5 Å². The Morgan fingerprint density at radius 2 is 1.76 bits per heavy atom. The van der Waals surface area contributed by atoms with Gasteiger partial charge in [-0.15, -0.1) is 0 Å². The Hall–Kier alpha value is -2.48. The molecule has 1 aromatic carbocycles. The summed E-state index contributed by atoms with van der Waals surface area (Å²) in [6, 6.07) is 5.69. The Balaban J connectivity index is 1.95. The minimum Gasteiger partial charge on any atom is -0.495 e. The first-order valence-corrected chi connectivity index (χ1v) is 9.74. The van der Waals surface area contributed by atoms with Gasteiger partial charge in [-0.25, -0.2) is 9.97 Å². The molecule has 0 aliphatic carbocycles. The molecular weight excluding hydrogens is 415 g/mol. The zero-order valence-electron chi connectivity index (χ0n) is 16.2. The smallest absolute Gasteiger partial charge is 0.141 e. The fourth-order valence-electron chi connectivity index (χ4n) is 3.14. The Kier molecular flexibility index (Phi) is 5.54. The quantitative estimate of drug-likeness (QED) is 0.592. The van der Waals surface area contributed by atoms with E-state index in [0.29, 0.717) is 51.8 Å². The predicted octanol–water partition coefficient (Wildman–Crippen LogP) is 4.47. The predicted molar refractivity (Wildman–Crippen MR) is 116 cm³/mol. The van der Waals surface area contributed by atoms with E-state index in [1.807, 2.05) is 19.2 Å². The first-order valence-electron chi connectivity index (χ1n) is 8.98. The highest BCUT2D eigenvalue weighted by Crippen LogP contribution is 2.46. The van der Waals surface area contributed by atoms with E-state index in [9.17, 15) is 0 Å². The molecule has 7 nitrogen and oxygen atoms in total. The first-order chi connectivity index (χ1) is 14.0. The number of pyridine rings is 2. The molecule has 0 atom stereocenters. The van der Waals surface area contributed by atoms with Crippen molar-refractivity contribution in [2.45, 2.75) is 6.04 Å². The molecule has 4 rings (SSSR count). The van der Waals surface area contributed by atoms with Crippen molar-refractivity contribution in [1.29, 1.82) is 0 Å². The summed E-state index contributed by atoms with van der Waals surface area (Å²) in [5, 5.41) is 9.05. The van der Waals surface area contributed by atoms with Gasteiger partial charge in [-0.2, -0.15) is 0 Å². The zero-order chi connectivity index (χ0) is 20.5. The molecule has 0 spiro atoms. The number of fused-ring (bicyclic) bond motifs is 1. The van der Waals surface area contributed by atoms with Crippen LogP contribution in [0.3, 0.4) is 0 Å². The second kappa shape index (κ2) is 8.10. The van der Waals surface area contributed by atoms with Crippen LogP contribution < -0.4 is 20.1 Å². The third-order valence-electron chi connectivity index (χ3n) is 4.78. The summed E-state index contributed by atoms with van der Waals surface area (Å²) < 4.78 is 16.1. The van der Waals surface area contributed by atoms with E-state index in [0.717, 1.165) is 16.6 Å². The van der Waals surface area contributed by atoms with Gasteiger partial charge in [0.1, 0.15) is 23.1 Å². The van der Waals surface area contributed by atoms with Crippen LogP contribution in [0, 0.1) is 0 Å². The number of rotatable bonds is 6. The van der Waals surface area contributed by atoms with Gasteiger partial charge in [0.15, 0.2) is 0 Å². The van der Waals surface area contributed by atoms with Crippen molar-refractivity contribution in [3.05, 3.63) is 34.4 Å². The molecule has 3 heterocycles. The summed E-state index contributed by atoms with van der Waals surface area (Å²) in [5.74, 6) is 2.36. The number of halogens is 2. The number of nitrogens with one attached hydrogen (secondary N) is 2. The molecule has 1 fully saturated rings. The van der Waals surface area contributed by atoms with Crippen molar-refractivity contribution < 1.29 is 14.2 Å². The van der Waals surface area contributed by atoms with Gasteiger partial charge in [0.25, 0.3) is 0 Å². The lowest BCUT2D eigenvalue weighted by Gasteiger charge is -2.28. The van der Waals surface area contributed by atoms with Crippen LogP contribution in [0.4, 0.5) is 11.6 Å². The minimum absolute atomic E-state index is 0.193. The number of hydrogen-bond donors (Lipinski definition) is 2. The largest absolute Gasteiger partial charge is 0.495 e. The summed E-state index contributed by atoms with van der Waals surface area (Å²) in [5.41, 5.74) is 1.13. The third-order valence-corrected chi connectivity index (χ3v) is 5.53. The van der Waals surface area contributed by atoms with Gasteiger partial charge < -0.3 is 24.8 Å². The minimum atomic E-state index is 0.193. The molecule has 0 unspecified atom stereocenters. The van der Waals surface area contributed by atoms with Gasteiger partial charge >= 0.3 is 0 Å². The molecule has 2 aromatic heterocycles. The molecule has 152 valence electrons. The van der Waals surface area contributed by atoms with E-state index >= 15 is 0 Å². The summed E-state index contributed by atoms with van der Waals surface area (Å²) in [6.07, 6.45) is 1.79. The van der Waals surface area contributed by atoms with Crippen LogP contribution in [0.2, 0.25) is 10.0 Å². The van der Waals surface area contributed by atoms with E-state index < -0.39 is 0 Å². The maximum atomic E-state index is 6.60. The molecule has 0 saturated carbocycles. The van der Waals surface area contributed by atoms with Gasteiger partial charge in [-0.05, 0) is 12.1 Å². The highest BCUT2D eigenvalue weighted by atomic mass is 35.5. The fourth-order valence-corrected chi connectivity index (χ4v) is 3.84. The molecular formula is C20H20Cl2N4O3. The number of anilines is 2. The van der Waals surface area contributed by atoms with Gasteiger partial charge in [-0.3, -0.25) is 0 Å². The molecule has 3 aromatic rings. The number of aromatic nitrogens is 2. The normalized spacial score (nSPS) is 13.8. The Bertz CT molecular complexity index is 1050. The van der Waals surface area contributed by atoms with Crippen molar-refractivity contribution in [2.24, 2.45) is 0 Å². The van der Waals surface area contributed by atoms with Gasteiger partial charge in [0, 0.05) is 35.6 Å². The first kappa shape index (κ1) is 19.8. The van der Waals surface area contributed by atoms with E-state index in [1.54, 1.807) is 26.5 Å². The summed E-state index contributed by atoms with van der Waals surface area (Å²) >= 11 is 13.2. The summed E-state index contributed by atoms with van der Waals surface area (Å²) in [7, 11) is 4.91. The maximum Gasteiger partial charge on any atom is 0.141 e. The second-order valence-corrected chi connectivity index (χ2v) is 7.32. The Labute approximate surface area is 178 Å². The number of nitrogens with zero attached hydrogens (tertiary/aromatic N) is 2. The van der Waals surface area contributed by atoms with Crippen molar-refractivity contribution in [3.8, 4) is 22.8 Å². The molecule has 0 bridgehead atoms. The number of methoxy groups -OCH3 is 2. The standard InChI is InChI=1S/C20H20Cl2N4O3/c1-23-16-5-12-10(7-24-16)4-13(26-20(12)25-11-8-29-9-11)17-18(21)14(27-2)6-15(28-3)19(17)22/h4-7,11H,8-9H2,1-3H3,(H,23,24)(H,25,26). The summed E-state index contributed by atoms with van der Waals surface area (Å²) in [6.45, 7) is 1.26. The molecule has 9 heteroatoms. The average Bonchev–Trinajstić information content (AvgIpc) is 2.70. The Morgan fingerprint density at radius 3 is 2.31 bits per heavy atom. The molecule has 0 radical (unpaired) electrons. The van der Waals surface area contributed by atoms with E-state index in [4.69, 9.17) is 42.4 Å². The molecule has 0 amide bonds. The van der Waals surface area contributed by atoms with Gasteiger partial charge in [-0.1, -0.05) is 23.2 Å². The van der Waals surface area contributed by atoms with Crippen LogP contribution in [0.1, 0.15) is 0 Å². The lowest BCUT2D eigenvalue weighted by atomic mass is 10.1. The lowest BCUT2D eigenvalue weighted by molar-refractivity contribution is 0.0210. The number of ether oxygens (including phenoxy) is 3. The Morgan fingerprint density at radius 1 is 1.07 bits per heavy atom. The van der Waals surface area contributed by atoms with Gasteiger partial charge in [0.2, 0.25) is 0 Å². The van der Waals surface area contributed by atoms with Crippen molar-refractivity contribution >= 4 is 45.6 Å². The van der Waals surface area contributed by atoms with Crippen LogP contribution in [0.25, 0.3) is 22.0 Å². The van der Waals surface area contributed by atoms with Crippen LogP contribution >= 0.6 is 23.2 Å². The number of hydrogen-bond acceptors (Lipinski definition) is 7. The van der Waals surface area contributed by atoms with Crippen LogP contribution in [0.5, 0.6) is 11.5 Å². The van der Waals surface area contributed by atoms with Crippen molar-refractivity contribution in [3.63, 3.8) is 0 Å². The monoisotopic (exact) mass is 434 g/mol. The molecule has 1 saturated heterocycles. The SMILES string of the molecule is CNc1cc2c(NC3COC3)nc(-c3c(Cl)c(OC)cc(OC)c3Cl)cc2cn1. The van der Waals surface area contributed by atoms with Crippen LogP contribution in [-0.2, 0) is 4.74 Å². The number of benzene rings is 1. The lowest BCUT2D eigenvalue weighted by Crippen LogP contribution is -2.40. The topological polar surface area (TPSA) is 77.5 Å². The van der Waals surface area contributed by atoms with E-state index in [2.05, 4.69) is 15.6 Å². The highest BCUT2D eigenvalue weighted by molar-refractivity contribution is 6.41. The highest BCUT2D eigenvalue weighted by Gasteiger charge is 2.23. The second-order valence-electron chi connectivity index (χ2n) is 6.56. The molecule has 29 heavy (non-hydrogen) atoms. The van der Waals surface area contributed by atoms with Crippen LogP contribution in [0.15, 0.2) is 24.4 Å². The average molecular weight is 435 g/mol. The maximum absolute atomic E-state index is 6.60. The molecule has 1 aliphatic heterocycles. The third kappa shape index (κ3) is 3.61. The zero-order valence-corrected chi connectivity index (χ0v) is 17.7. The van der Waals surface area contributed by atoms with E-state index in [1.165, 1.54) is 0 Å². The summed E-state index contributed by atoms with van der Waals surface area (Å²) in [4.78, 5) is 9.26.